The minimum absolute atomic E-state index is 0.147. The summed E-state index contributed by atoms with van der Waals surface area (Å²) in [4.78, 5) is 31.5. The van der Waals surface area contributed by atoms with E-state index in [-0.39, 0.29) is 23.9 Å². The van der Waals surface area contributed by atoms with Gasteiger partial charge < -0.3 is 4.90 Å². The highest BCUT2D eigenvalue weighted by Gasteiger charge is 2.30. The van der Waals surface area contributed by atoms with Gasteiger partial charge in [-0.3, -0.25) is 4.79 Å². The Labute approximate surface area is 180 Å². The summed E-state index contributed by atoms with van der Waals surface area (Å²) in [6.07, 6.45) is -4.47. The van der Waals surface area contributed by atoms with Gasteiger partial charge in [0.2, 0.25) is 5.91 Å². The largest absolute Gasteiger partial charge is 0.416 e. The molecule has 0 aliphatic rings. The van der Waals surface area contributed by atoms with Gasteiger partial charge in [0.1, 0.15) is 12.4 Å². The molecule has 164 valence electrons. The number of carbonyl (C=O) groups is 1. The molecule has 10 heteroatoms. The smallest absolute Gasteiger partial charge is 0.314 e. The van der Waals surface area contributed by atoms with E-state index in [1.165, 1.54) is 21.4 Å². The number of alkyl halides is 3. The lowest BCUT2D eigenvalue weighted by molar-refractivity contribution is -0.137. The van der Waals surface area contributed by atoms with Crippen molar-refractivity contribution >= 4 is 17.2 Å². The van der Waals surface area contributed by atoms with E-state index >= 15 is 0 Å². The van der Waals surface area contributed by atoms with Crippen molar-refractivity contribution in [3.8, 4) is 11.4 Å². The highest BCUT2D eigenvalue weighted by Crippen LogP contribution is 2.30. The number of anilines is 1. The number of amides is 1. The van der Waals surface area contributed by atoms with Gasteiger partial charge >= 0.3 is 11.9 Å². The second kappa shape index (κ2) is 7.95. The van der Waals surface area contributed by atoms with Crippen molar-refractivity contribution in [3.05, 3.63) is 82.4 Å². The Morgan fingerprint density at radius 1 is 1.06 bits per heavy atom. The molecule has 4 rings (SSSR count). The number of hydrogen-bond donors (Lipinski definition) is 0. The molecule has 0 aliphatic carbocycles. The Bertz CT molecular complexity index is 1340. The van der Waals surface area contributed by atoms with E-state index in [2.05, 4.69) is 10.1 Å². The zero-order valence-electron chi connectivity index (χ0n) is 17.2. The first-order valence-electron chi connectivity index (χ1n) is 9.61. The SMILES string of the molecule is Cc1cc2nn(CC(=O)N(C)c3ccccc3)c(=O)n2c(-c2ccc(C(F)(F)F)cc2)n1. The molecule has 0 radical (unpaired) electrons. The fourth-order valence-corrected chi connectivity index (χ4v) is 3.29. The van der Waals surface area contributed by atoms with Crippen molar-refractivity contribution in [1.29, 1.82) is 0 Å². The molecule has 0 atom stereocenters. The molecule has 0 N–H and O–H groups in total. The maximum Gasteiger partial charge on any atom is 0.416 e. The highest BCUT2D eigenvalue weighted by atomic mass is 19.4. The molecule has 0 unspecified atom stereocenters. The first-order chi connectivity index (χ1) is 15.1. The lowest BCUT2D eigenvalue weighted by Gasteiger charge is -2.16. The summed E-state index contributed by atoms with van der Waals surface area (Å²) >= 11 is 0. The lowest BCUT2D eigenvalue weighted by Crippen LogP contribution is -2.34. The van der Waals surface area contributed by atoms with Crippen LogP contribution < -0.4 is 10.6 Å². The zero-order valence-corrected chi connectivity index (χ0v) is 17.2. The third kappa shape index (κ3) is 3.98. The molecule has 1 amide bonds. The molecule has 0 aliphatic heterocycles. The van der Waals surface area contributed by atoms with Crippen LogP contribution in [0.3, 0.4) is 0 Å². The van der Waals surface area contributed by atoms with Crippen LogP contribution in [0.25, 0.3) is 17.0 Å². The first-order valence-corrected chi connectivity index (χ1v) is 9.61. The summed E-state index contributed by atoms with van der Waals surface area (Å²) in [6.45, 7) is 1.38. The number of rotatable bonds is 4. The van der Waals surface area contributed by atoms with Crippen LogP contribution in [0, 0.1) is 6.92 Å². The summed E-state index contributed by atoms with van der Waals surface area (Å²) < 4.78 is 40.9. The van der Waals surface area contributed by atoms with Crippen molar-refractivity contribution in [2.45, 2.75) is 19.6 Å². The van der Waals surface area contributed by atoms with Crippen LogP contribution in [0.2, 0.25) is 0 Å². The van der Waals surface area contributed by atoms with E-state index in [4.69, 9.17) is 0 Å². The molecule has 0 fully saturated rings. The molecule has 2 aromatic heterocycles. The quantitative estimate of drug-likeness (QED) is 0.486. The summed E-state index contributed by atoms with van der Waals surface area (Å²) in [5.41, 5.74) is 0.336. The monoisotopic (exact) mass is 441 g/mol. The standard InChI is InChI=1S/C22H18F3N5O2/c1-14-12-18-27-29(13-19(31)28(2)17-6-4-3-5-7-17)21(32)30(18)20(26-14)15-8-10-16(11-9-15)22(23,24)25/h3-12H,13H2,1-2H3. The number of halogens is 3. The van der Waals surface area contributed by atoms with E-state index < -0.39 is 17.4 Å². The topological polar surface area (TPSA) is 72.5 Å². The Kier molecular flexibility index (Phi) is 5.29. The average molecular weight is 441 g/mol. The lowest BCUT2D eigenvalue weighted by atomic mass is 10.1. The Morgan fingerprint density at radius 2 is 1.72 bits per heavy atom. The third-order valence-corrected chi connectivity index (χ3v) is 4.97. The van der Waals surface area contributed by atoms with Crippen molar-refractivity contribution < 1.29 is 18.0 Å². The number of para-hydroxylation sites is 1. The van der Waals surface area contributed by atoms with Gasteiger partial charge in [0.05, 0.1) is 5.56 Å². The van der Waals surface area contributed by atoms with Crippen molar-refractivity contribution in [2.24, 2.45) is 0 Å². The first kappa shape index (κ1) is 21.3. The minimum atomic E-state index is -4.47. The molecular weight excluding hydrogens is 423 g/mol. The fraction of sp³-hybridized carbons (Fsp3) is 0.182. The number of fused-ring (bicyclic) bond motifs is 1. The van der Waals surface area contributed by atoms with Crippen LogP contribution in [-0.4, -0.2) is 32.1 Å². The van der Waals surface area contributed by atoms with Crippen LogP contribution >= 0.6 is 0 Å². The van der Waals surface area contributed by atoms with Crippen molar-refractivity contribution in [1.82, 2.24) is 19.2 Å². The van der Waals surface area contributed by atoms with Crippen molar-refractivity contribution in [2.75, 3.05) is 11.9 Å². The van der Waals surface area contributed by atoms with Gasteiger partial charge in [-0.1, -0.05) is 30.3 Å². The van der Waals surface area contributed by atoms with Crippen LogP contribution in [0.4, 0.5) is 18.9 Å². The molecule has 2 heterocycles. The van der Waals surface area contributed by atoms with Gasteiger partial charge in [0.25, 0.3) is 0 Å². The third-order valence-electron chi connectivity index (χ3n) is 4.97. The van der Waals surface area contributed by atoms with E-state index in [9.17, 15) is 22.8 Å². The number of hydrogen-bond acceptors (Lipinski definition) is 4. The second-order valence-corrected chi connectivity index (χ2v) is 7.22. The van der Waals surface area contributed by atoms with Gasteiger partial charge in [-0.05, 0) is 31.2 Å². The molecule has 2 aromatic carbocycles. The summed E-state index contributed by atoms with van der Waals surface area (Å²) in [5, 5.41) is 4.23. The van der Waals surface area contributed by atoms with Gasteiger partial charge in [0, 0.05) is 30.1 Å². The molecule has 7 nitrogen and oxygen atoms in total. The maximum atomic E-state index is 13.0. The molecule has 0 bridgehead atoms. The average Bonchev–Trinajstić information content (AvgIpc) is 3.07. The fourth-order valence-electron chi connectivity index (χ4n) is 3.29. The van der Waals surface area contributed by atoms with Gasteiger partial charge in [0.15, 0.2) is 5.65 Å². The maximum absolute atomic E-state index is 13.0. The molecular formula is C22H18F3N5O2. The van der Waals surface area contributed by atoms with E-state index in [0.29, 0.717) is 16.9 Å². The Hall–Kier alpha value is -3.95. The number of aryl methyl sites for hydroxylation is 1. The number of benzene rings is 2. The van der Waals surface area contributed by atoms with E-state index in [1.807, 2.05) is 6.07 Å². The van der Waals surface area contributed by atoms with Crippen LogP contribution in [0.1, 0.15) is 11.3 Å². The Balaban J connectivity index is 1.73. The summed E-state index contributed by atoms with van der Waals surface area (Å²) in [7, 11) is 1.60. The minimum Gasteiger partial charge on any atom is -0.314 e. The molecule has 0 spiro atoms. The molecule has 4 aromatic rings. The van der Waals surface area contributed by atoms with Gasteiger partial charge in [-0.2, -0.15) is 13.2 Å². The molecule has 0 saturated carbocycles. The van der Waals surface area contributed by atoms with Crippen LogP contribution in [0.15, 0.2) is 65.5 Å². The molecule has 0 saturated heterocycles. The summed E-state index contributed by atoms with van der Waals surface area (Å²) in [5.74, 6) is -0.212. The number of carbonyl (C=O) groups excluding carboxylic acids is 1. The van der Waals surface area contributed by atoms with Crippen molar-refractivity contribution in [3.63, 3.8) is 0 Å². The second-order valence-electron chi connectivity index (χ2n) is 7.22. The van der Waals surface area contributed by atoms with Crippen LogP contribution in [-0.2, 0) is 17.5 Å². The molecule has 32 heavy (non-hydrogen) atoms. The van der Waals surface area contributed by atoms with E-state index in [0.717, 1.165) is 16.8 Å². The predicted octanol–water partition coefficient (Wildman–Crippen LogP) is 3.55. The van der Waals surface area contributed by atoms with Crippen LogP contribution in [0.5, 0.6) is 0 Å². The Morgan fingerprint density at radius 3 is 2.34 bits per heavy atom. The normalized spacial score (nSPS) is 11.7. The number of aromatic nitrogens is 4. The highest BCUT2D eigenvalue weighted by molar-refractivity contribution is 5.92. The van der Waals surface area contributed by atoms with Gasteiger partial charge in [-0.25, -0.2) is 18.9 Å². The number of likely N-dealkylation sites (N-methyl/N-ethyl adjacent to an activating group) is 1. The van der Waals surface area contributed by atoms with Gasteiger partial charge in [-0.15, -0.1) is 5.10 Å². The zero-order chi connectivity index (χ0) is 23.0. The summed E-state index contributed by atoms with van der Waals surface area (Å²) in [6, 6.07) is 14.9. The van der Waals surface area contributed by atoms with E-state index in [1.54, 1.807) is 44.3 Å². The number of nitrogens with zero attached hydrogens (tertiary/aromatic N) is 5. The predicted molar refractivity (Wildman–Crippen MR) is 112 cm³/mol.